The zero-order valence-electron chi connectivity index (χ0n) is 18.5. The van der Waals surface area contributed by atoms with Crippen LogP contribution in [0.25, 0.3) is 11.1 Å². The largest absolute Gasteiger partial charge is 0.481 e. The van der Waals surface area contributed by atoms with E-state index in [9.17, 15) is 14.4 Å². The second kappa shape index (κ2) is 10.8. The van der Waals surface area contributed by atoms with Crippen molar-refractivity contribution in [1.29, 1.82) is 0 Å². The van der Waals surface area contributed by atoms with E-state index < -0.39 is 18.1 Å². The molecule has 0 heterocycles. The molecule has 3 rings (SSSR count). The molecule has 2 amide bonds. The topological polar surface area (TPSA) is 95.9 Å². The average molecular weight is 439 g/mol. The molecule has 1 aliphatic carbocycles. The van der Waals surface area contributed by atoms with Gasteiger partial charge in [-0.2, -0.15) is 0 Å². The first kappa shape index (κ1) is 23.3. The number of aliphatic carboxylic acids is 1. The minimum Gasteiger partial charge on any atom is -0.481 e. The maximum absolute atomic E-state index is 12.7. The maximum atomic E-state index is 12.7. The molecule has 0 aliphatic heterocycles. The SMILES string of the molecule is CCC(NC(=O)OCC1c2ccccc2-c2ccccc21)C(=O)N(C)CCCCC(=O)O. The summed E-state index contributed by atoms with van der Waals surface area (Å²) in [4.78, 5) is 37.3. The van der Waals surface area contributed by atoms with Gasteiger partial charge in [0.2, 0.25) is 5.91 Å². The number of carboxylic acids is 1. The molecule has 7 heteroatoms. The first-order chi connectivity index (χ1) is 15.4. The smallest absolute Gasteiger partial charge is 0.407 e. The van der Waals surface area contributed by atoms with Crippen LogP contribution in [0.15, 0.2) is 48.5 Å². The Kier molecular flexibility index (Phi) is 7.87. The third-order valence-electron chi connectivity index (χ3n) is 5.85. The number of likely N-dealkylation sites (N-methyl/N-ethyl adjacent to an activating group) is 1. The second-order valence-electron chi connectivity index (χ2n) is 8.04. The number of ether oxygens (including phenoxy) is 1. The molecule has 2 aromatic carbocycles. The first-order valence-electron chi connectivity index (χ1n) is 11.0. The summed E-state index contributed by atoms with van der Waals surface area (Å²) in [6.45, 7) is 2.45. The summed E-state index contributed by atoms with van der Waals surface area (Å²) in [5.41, 5.74) is 4.57. The number of unbranched alkanes of at least 4 members (excludes halogenated alkanes) is 1. The van der Waals surface area contributed by atoms with Crippen molar-refractivity contribution in [2.45, 2.75) is 44.6 Å². The summed E-state index contributed by atoms with van der Waals surface area (Å²) < 4.78 is 5.54. The Morgan fingerprint density at radius 2 is 1.62 bits per heavy atom. The molecular formula is C25H30N2O5. The summed E-state index contributed by atoms with van der Waals surface area (Å²) in [6.07, 6.45) is 0.991. The van der Waals surface area contributed by atoms with Crippen LogP contribution in [-0.2, 0) is 14.3 Å². The molecule has 1 atom stereocenters. The molecule has 0 bridgehead atoms. The van der Waals surface area contributed by atoms with Crippen LogP contribution in [0.4, 0.5) is 4.79 Å². The van der Waals surface area contributed by atoms with Gasteiger partial charge in [0.05, 0.1) is 0 Å². The van der Waals surface area contributed by atoms with Crippen LogP contribution in [0, 0.1) is 0 Å². The van der Waals surface area contributed by atoms with Crippen molar-refractivity contribution in [1.82, 2.24) is 10.2 Å². The molecule has 2 N–H and O–H groups in total. The molecule has 170 valence electrons. The third-order valence-corrected chi connectivity index (χ3v) is 5.85. The number of rotatable bonds is 10. The Balaban J connectivity index is 1.54. The van der Waals surface area contributed by atoms with Gasteiger partial charge >= 0.3 is 12.1 Å². The van der Waals surface area contributed by atoms with Crippen molar-refractivity contribution in [2.75, 3.05) is 20.2 Å². The highest BCUT2D eigenvalue weighted by molar-refractivity contribution is 5.85. The molecule has 7 nitrogen and oxygen atoms in total. The Hall–Kier alpha value is -3.35. The van der Waals surface area contributed by atoms with Crippen molar-refractivity contribution in [3.63, 3.8) is 0 Å². The molecule has 1 aliphatic rings. The number of hydrogen-bond donors (Lipinski definition) is 2. The highest BCUT2D eigenvalue weighted by atomic mass is 16.5. The summed E-state index contributed by atoms with van der Waals surface area (Å²) in [7, 11) is 1.66. The second-order valence-corrected chi connectivity index (χ2v) is 8.04. The van der Waals surface area contributed by atoms with E-state index in [1.807, 2.05) is 31.2 Å². The zero-order valence-corrected chi connectivity index (χ0v) is 18.5. The summed E-state index contributed by atoms with van der Waals surface area (Å²) in [5, 5.41) is 11.4. The van der Waals surface area contributed by atoms with Gasteiger partial charge in [0.25, 0.3) is 0 Å². The maximum Gasteiger partial charge on any atom is 0.407 e. The number of hydrogen-bond acceptors (Lipinski definition) is 4. The Morgan fingerprint density at radius 3 is 2.19 bits per heavy atom. The fourth-order valence-corrected chi connectivity index (χ4v) is 4.12. The van der Waals surface area contributed by atoms with E-state index >= 15 is 0 Å². The van der Waals surface area contributed by atoms with E-state index in [4.69, 9.17) is 9.84 Å². The number of benzene rings is 2. The van der Waals surface area contributed by atoms with Gasteiger partial charge < -0.3 is 20.1 Å². The number of nitrogens with one attached hydrogen (secondary N) is 1. The Morgan fingerprint density at radius 1 is 1.03 bits per heavy atom. The van der Waals surface area contributed by atoms with E-state index in [1.165, 1.54) is 4.90 Å². The van der Waals surface area contributed by atoms with E-state index in [1.54, 1.807) is 7.05 Å². The molecule has 2 aromatic rings. The lowest BCUT2D eigenvalue weighted by Crippen LogP contribution is -2.47. The van der Waals surface area contributed by atoms with Gasteiger partial charge in [-0.15, -0.1) is 0 Å². The lowest BCUT2D eigenvalue weighted by Gasteiger charge is -2.24. The molecule has 0 fully saturated rings. The standard InChI is InChI=1S/C25H30N2O5/c1-3-22(24(30)27(2)15-9-8-14-23(28)29)26-25(31)32-16-21-19-12-6-4-10-17(19)18-11-5-7-13-20(18)21/h4-7,10-13,21-22H,3,8-9,14-16H2,1-2H3,(H,26,31)(H,28,29). The predicted octanol–water partition coefficient (Wildman–Crippen LogP) is 4.02. The predicted molar refractivity (Wildman–Crippen MR) is 121 cm³/mol. The number of nitrogens with zero attached hydrogens (tertiary/aromatic N) is 1. The third kappa shape index (κ3) is 5.46. The van der Waals surface area contributed by atoms with Crippen molar-refractivity contribution < 1.29 is 24.2 Å². The van der Waals surface area contributed by atoms with Gasteiger partial charge in [-0.1, -0.05) is 55.5 Å². The van der Waals surface area contributed by atoms with Crippen LogP contribution in [0.2, 0.25) is 0 Å². The van der Waals surface area contributed by atoms with Crippen LogP contribution in [0.3, 0.4) is 0 Å². The lowest BCUT2D eigenvalue weighted by molar-refractivity contribution is -0.137. The van der Waals surface area contributed by atoms with Gasteiger partial charge in [-0.3, -0.25) is 9.59 Å². The van der Waals surface area contributed by atoms with Crippen LogP contribution in [0.1, 0.15) is 49.7 Å². The van der Waals surface area contributed by atoms with Crippen LogP contribution < -0.4 is 5.32 Å². The summed E-state index contributed by atoms with van der Waals surface area (Å²) in [6, 6.07) is 15.5. The number of amides is 2. The number of fused-ring (bicyclic) bond motifs is 3. The van der Waals surface area contributed by atoms with E-state index in [0.29, 0.717) is 25.8 Å². The van der Waals surface area contributed by atoms with Crippen molar-refractivity contribution in [3.8, 4) is 11.1 Å². The molecule has 0 saturated heterocycles. The summed E-state index contributed by atoms with van der Waals surface area (Å²) in [5.74, 6) is -1.10. The number of carbonyl (C=O) groups is 3. The Labute approximate surface area is 188 Å². The van der Waals surface area contributed by atoms with Gasteiger partial charge in [-0.05, 0) is 41.5 Å². The average Bonchev–Trinajstić information content (AvgIpc) is 3.12. The van der Waals surface area contributed by atoms with Gasteiger partial charge in [0.15, 0.2) is 0 Å². The zero-order chi connectivity index (χ0) is 23.1. The fraction of sp³-hybridized carbons (Fsp3) is 0.400. The van der Waals surface area contributed by atoms with Gasteiger partial charge in [-0.25, -0.2) is 4.79 Å². The van der Waals surface area contributed by atoms with E-state index in [-0.39, 0.29) is 24.9 Å². The molecule has 0 aromatic heterocycles. The fourth-order valence-electron chi connectivity index (χ4n) is 4.12. The van der Waals surface area contributed by atoms with Gasteiger partial charge in [0, 0.05) is 25.9 Å². The number of carbonyl (C=O) groups excluding carboxylic acids is 2. The van der Waals surface area contributed by atoms with E-state index in [0.717, 1.165) is 22.3 Å². The number of carboxylic acid groups (broad SMARTS) is 1. The van der Waals surface area contributed by atoms with Crippen LogP contribution in [0.5, 0.6) is 0 Å². The lowest BCUT2D eigenvalue weighted by atomic mass is 9.98. The normalized spacial score (nSPS) is 13.1. The number of alkyl carbamates (subject to hydrolysis) is 1. The summed E-state index contributed by atoms with van der Waals surface area (Å²) >= 11 is 0. The van der Waals surface area contributed by atoms with Crippen LogP contribution in [-0.4, -0.2) is 54.2 Å². The molecule has 0 radical (unpaired) electrons. The highest BCUT2D eigenvalue weighted by Gasteiger charge is 2.30. The van der Waals surface area contributed by atoms with Crippen molar-refractivity contribution >= 4 is 18.0 Å². The monoisotopic (exact) mass is 438 g/mol. The highest BCUT2D eigenvalue weighted by Crippen LogP contribution is 2.44. The minimum atomic E-state index is -0.845. The first-order valence-corrected chi connectivity index (χ1v) is 11.0. The molecule has 32 heavy (non-hydrogen) atoms. The van der Waals surface area contributed by atoms with Crippen LogP contribution >= 0.6 is 0 Å². The van der Waals surface area contributed by atoms with Crippen molar-refractivity contribution in [3.05, 3.63) is 59.7 Å². The molecule has 1 unspecified atom stereocenters. The minimum absolute atomic E-state index is 0.0409. The molecular weight excluding hydrogens is 408 g/mol. The van der Waals surface area contributed by atoms with Crippen molar-refractivity contribution in [2.24, 2.45) is 0 Å². The van der Waals surface area contributed by atoms with E-state index in [2.05, 4.69) is 29.6 Å². The molecule has 0 spiro atoms. The molecule has 0 saturated carbocycles. The quantitative estimate of drug-likeness (QED) is 0.546. The Bertz CT molecular complexity index is 929. The van der Waals surface area contributed by atoms with Gasteiger partial charge in [0.1, 0.15) is 12.6 Å².